The first-order chi connectivity index (χ1) is 40.3. The van der Waals surface area contributed by atoms with Gasteiger partial charge in [0.15, 0.2) is 0 Å². The van der Waals surface area contributed by atoms with Crippen LogP contribution in [0.15, 0.2) is 85.1 Å². The fourth-order valence-electron chi connectivity index (χ4n) is 11.3. The Morgan fingerprint density at radius 1 is 0.488 bits per heavy atom. The van der Waals surface area contributed by atoms with Crippen molar-refractivity contribution in [3.63, 3.8) is 0 Å². The van der Waals surface area contributed by atoms with Crippen molar-refractivity contribution in [3.05, 3.63) is 96.2 Å². The molecule has 0 bridgehead atoms. The second-order valence-electron chi connectivity index (χ2n) is 23.9. The van der Waals surface area contributed by atoms with E-state index in [4.69, 9.17) is 9.47 Å². The number of hydrogen-bond donors (Lipinski definition) is 2. The average Bonchev–Trinajstić information content (AvgIpc) is 3.51. The third kappa shape index (κ3) is 37.7. The number of esters is 2. The number of unbranched alkanes of at least 4 members (excludes halogenated alkanes) is 22. The summed E-state index contributed by atoms with van der Waals surface area (Å²) in [7, 11) is 4.07. The van der Waals surface area contributed by atoms with Crippen LogP contribution >= 0.6 is 21.6 Å². The number of nitrogens with zero attached hydrogens (tertiary/aromatic N) is 2. The molecule has 0 aromatic heterocycles. The van der Waals surface area contributed by atoms with E-state index < -0.39 is 0 Å². The third-order valence-electron chi connectivity index (χ3n) is 16.7. The SMILES string of the molecule is C=C(Cc1ccc(OC(=O)CCCCCCC/C=C\CCCCCCCC)cc1)NCCC1CCN(CCSSCCN2CCC(CCNC(=O)Cc3ccc(OC(=O)CCCCCCC/C=C\CCCCCCCC)cc3)CC2)CC1. The molecule has 2 aromatic rings. The van der Waals surface area contributed by atoms with Crippen LogP contribution in [0.5, 0.6) is 11.5 Å². The smallest absolute Gasteiger partial charge is 0.311 e. The van der Waals surface area contributed by atoms with Gasteiger partial charge in [-0.15, -0.1) is 0 Å². The van der Waals surface area contributed by atoms with Crippen molar-refractivity contribution in [2.75, 3.05) is 63.9 Å². The Morgan fingerprint density at radius 2 is 0.841 bits per heavy atom. The zero-order valence-electron chi connectivity index (χ0n) is 52.1. The highest BCUT2D eigenvalue weighted by atomic mass is 33.1. The Morgan fingerprint density at radius 3 is 1.24 bits per heavy atom. The van der Waals surface area contributed by atoms with Crippen molar-refractivity contribution in [2.45, 2.75) is 245 Å². The molecule has 82 heavy (non-hydrogen) atoms. The summed E-state index contributed by atoms with van der Waals surface area (Å²) in [5.41, 5.74) is 3.15. The van der Waals surface area contributed by atoms with E-state index in [1.54, 1.807) is 0 Å². The molecule has 2 N–H and O–H groups in total. The fourth-order valence-corrected chi connectivity index (χ4v) is 13.3. The first-order valence-electron chi connectivity index (χ1n) is 33.6. The molecule has 1 amide bonds. The summed E-state index contributed by atoms with van der Waals surface area (Å²) in [6, 6.07) is 15.3. The molecule has 0 radical (unpaired) electrons. The molecule has 0 spiro atoms. The highest BCUT2D eigenvalue weighted by Gasteiger charge is 2.21. The molecule has 2 fully saturated rings. The maximum Gasteiger partial charge on any atom is 0.311 e. The lowest BCUT2D eigenvalue weighted by molar-refractivity contribution is -0.135. The molecular formula is C71H116N4O5S2. The van der Waals surface area contributed by atoms with Crippen molar-refractivity contribution < 1.29 is 23.9 Å². The van der Waals surface area contributed by atoms with Gasteiger partial charge in [-0.05, 0) is 176 Å². The van der Waals surface area contributed by atoms with Crippen LogP contribution in [-0.4, -0.2) is 91.5 Å². The fraction of sp³-hybridized carbons (Fsp3) is 0.704. The summed E-state index contributed by atoms with van der Waals surface area (Å²) in [6.45, 7) is 17.6. The van der Waals surface area contributed by atoms with E-state index in [2.05, 4.69) is 65.2 Å². The zero-order valence-corrected chi connectivity index (χ0v) is 53.7. The van der Waals surface area contributed by atoms with E-state index in [0.717, 1.165) is 94.8 Å². The Labute approximate surface area is 509 Å². The molecule has 2 heterocycles. The van der Waals surface area contributed by atoms with Crippen LogP contribution in [0.3, 0.4) is 0 Å². The van der Waals surface area contributed by atoms with Crippen molar-refractivity contribution in [3.8, 4) is 11.5 Å². The monoisotopic (exact) mass is 1170 g/mol. The van der Waals surface area contributed by atoms with Gasteiger partial charge in [0.1, 0.15) is 11.5 Å². The van der Waals surface area contributed by atoms with Crippen LogP contribution in [-0.2, 0) is 27.2 Å². The first kappa shape index (κ1) is 71.0. The van der Waals surface area contributed by atoms with Gasteiger partial charge >= 0.3 is 11.9 Å². The van der Waals surface area contributed by atoms with Crippen molar-refractivity contribution >= 4 is 39.4 Å². The number of carbonyl (C=O) groups excluding carboxylic acids is 3. The summed E-state index contributed by atoms with van der Waals surface area (Å²) in [4.78, 5) is 42.9. The Kier molecular flexibility index (Phi) is 42.1. The second kappa shape index (κ2) is 48.7. The van der Waals surface area contributed by atoms with Crippen LogP contribution < -0.4 is 20.1 Å². The van der Waals surface area contributed by atoms with Gasteiger partial charge in [-0.1, -0.05) is 193 Å². The summed E-state index contributed by atoms with van der Waals surface area (Å²) >= 11 is 0. The van der Waals surface area contributed by atoms with E-state index in [0.29, 0.717) is 36.7 Å². The zero-order chi connectivity index (χ0) is 58.2. The van der Waals surface area contributed by atoms with Gasteiger partial charge in [0, 0.05) is 62.6 Å². The van der Waals surface area contributed by atoms with Crippen LogP contribution in [0, 0.1) is 11.8 Å². The molecule has 0 unspecified atom stereocenters. The lowest BCUT2D eigenvalue weighted by Gasteiger charge is -2.32. The second-order valence-corrected chi connectivity index (χ2v) is 26.6. The van der Waals surface area contributed by atoms with Crippen LogP contribution in [0.4, 0.5) is 0 Å². The molecular weight excluding hydrogens is 1050 g/mol. The number of allylic oxidation sites excluding steroid dienone is 5. The average molecular weight is 1170 g/mol. The number of ether oxygens (including phenoxy) is 2. The Balaban J connectivity index is 0.884. The number of benzene rings is 2. The Bertz CT molecular complexity index is 1840. The van der Waals surface area contributed by atoms with E-state index in [1.165, 1.54) is 204 Å². The Hall–Kier alpha value is -3.51. The molecule has 9 nitrogen and oxygen atoms in total. The molecule has 0 saturated carbocycles. The first-order valence-corrected chi connectivity index (χ1v) is 36.0. The highest BCUT2D eigenvalue weighted by Crippen LogP contribution is 2.26. The van der Waals surface area contributed by atoms with Crippen LogP contribution in [0.2, 0.25) is 0 Å². The predicted octanol–water partition coefficient (Wildman–Crippen LogP) is 18.2. The van der Waals surface area contributed by atoms with Crippen molar-refractivity contribution in [1.29, 1.82) is 0 Å². The maximum atomic E-state index is 12.7. The van der Waals surface area contributed by atoms with E-state index in [9.17, 15) is 14.4 Å². The van der Waals surface area contributed by atoms with Crippen molar-refractivity contribution in [2.24, 2.45) is 11.8 Å². The lowest BCUT2D eigenvalue weighted by Crippen LogP contribution is -2.36. The van der Waals surface area contributed by atoms with Crippen LogP contribution in [0.1, 0.15) is 243 Å². The third-order valence-corrected chi connectivity index (χ3v) is 19.0. The van der Waals surface area contributed by atoms with E-state index >= 15 is 0 Å². The minimum absolute atomic E-state index is 0.0494. The summed E-state index contributed by atoms with van der Waals surface area (Å²) < 4.78 is 11.2. The van der Waals surface area contributed by atoms with Gasteiger partial charge in [-0.3, -0.25) is 14.4 Å². The quantitative estimate of drug-likeness (QED) is 0.0219. The molecule has 0 atom stereocenters. The summed E-state index contributed by atoms with van der Waals surface area (Å²) in [6.07, 6.45) is 51.0. The standard InChI is InChI=1S/C71H116N4O5S2/c1-4-6-8-10-12-14-16-18-20-22-24-26-28-30-32-34-70(77)79-67-40-36-65(37-41-67)60-62(3)72-50-44-63-46-52-74(53-47-63)56-58-81-82-59-57-75-54-48-64(49-55-75)45-51-73-69(76)61-66-38-42-68(43-39-66)80-71(78)35-33-31-29-27-25-23-21-19-17-15-13-11-9-7-5-2/h18-21,36-43,63-64,72H,3-17,22-35,44-61H2,1-2H3,(H,73,76)/b20-18-,21-19-. The largest absolute Gasteiger partial charge is 0.427 e. The predicted molar refractivity (Wildman–Crippen MR) is 353 cm³/mol. The number of piperidine rings is 2. The molecule has 462 valence electrons. The van der Waals surface area contributed by atoms with Gasteiger partial charge in [0.25, 0.3) is 0 Å². The van der Waals surface area contributed by atoms with Crippen LogP contribution in [0.25, 0.3) is 0 Å². The number of rotatable bonds is 50. The van der Waals surface area contributed by atoms with Crippen molar-refractivity contribution in [1.82, 2.24) is 20.4 Å². The molecule has 4 rings (SSSR count). The molecule has 2 aliphatic rings. The summed E-state index contributed by atoms with van der Waals surface area (Å²) in [5.74, 6) is 4.72. The van der Waals surface area contributed by atoms with Gasteiger partial charge in [0.2, 0.25) is 5.91 Å². The highest BCUT2D eigenvalue weighted by molar-refractivity contribution is 8.76. The minimum atomic E-state index is -0.178. The van der Waals surface area contributed by atoms with Gasteiger partial charge in [0.05, 0.1) is 6.42 Å². The number of amides is 1. The number of likely N-dealkylation sites (tertiary alicyclic amines) is 2. The van der Waals surface area contributed by atoms with E-state index in [1.807, 2.05) is 70.1 Å². The maximum absolute atomic E-state index is 12.7. The molecule has 2 aliphatic heterocycles. The van der Waals surface area contributed by atoms with Gasteiger partial charge in [-0.25, -0.2) is 0 Å². The number of carbonyl (C=O) groups is 3. The molecule has 2 aromatic carbocycles. The molecule has 11 heteroatoms. The number of nitrogens with one attached hydrogen (secondary N) is 2. The normalized spacial score (nSPS) is 14.7. The van der Waals surface area contributed by atoms with E-state index in [-0.39, 0.29) is 17.8 Å². The summed E-state index contributed by atoms with van der Waals surface area (Å²) in [5, 5.41) is 6.73. The van der Waals surface area contributed by atoms with Gasteiger partial charge < -0.3 is 29.9 Å². The topological polar surface area (TPSA) is 100 Å². The lowest BCUT2D eigenvalue weighted by atomic mass is 9.93. The van der Waals surface area contributed by atoms with Gasteiger partial charge in [-0.2, -0.15) is 0 Å². The number of hydrogen-bond acceptors (Lipinski definition) is 10. The molecule has 0 aliphatic carbocycles. The minimum Gasteiger partial charge on any atom is -0.427 e. The molecule has 2 saturated heterocycles.